The van der Waals surface area contributed by atoms with Crippen molar-refractivity contribution in [3.05, 3.63) is 24.0 Å². The number of nitrogens with one attached hydrogen (secondary N) is 1. The molecule has 0 aliphatic carbocycles. The fraction of sp³-hybridized carbons (Fsp3) is 0.333. The molecule has 1 aromatic rings. The van der Waals surface area contributed by atoms with Crippen LogP contribution in [-0.4, -0.2) is 34.8 Å². The highest BCUT2D eigenvalue weighted by Gasteiger charge is 2.38. The van der Waals surface area contributed by atoms with E-state index in [1.165, 1.54) is 18.3 Å². The lowest BCUT2D eigenvalue weighted by Gasteiger charge is -2.15. The zero-order valence-electron chi connectivity index (χ0n) is 8.53. The molecular formula is C9H10F3N3O2. The third-order valence-corrected chi connectivity index (χ3v) is 1.89. The Bertz CT molecular complexity index is 409. The highest BCUT2D eigenvalue weighted by atomic mass is 19.4. The van der Waals surface area contributed by atoms with Crippen LogP contribution < -0.4 is 11.1 Å². The summed E-state index contributed by atoms with van der Waals surface area (Å²) in [5.41, 5.74) is 5.27. The number of nitrogen functional groups attached to an aromatic ring is 1. The maximum Gasteiger partial charge on any atom is 0.416 e. The number of alkyl halides is 3. The monoisotopic (exact) mass is 249 g/mol. The molecule has 17 heavy (non-hydrogen) atoms. The largest absolute Gasteiger partial charge is 0.416 e. The quantitative estimate of drug-likeness (QED) is 0.719. The van der Waals surface area contributed by atoms with Gasteiger partial charge in [0, 0.05) is 6.20 Å². The Morgan fingerprint density at radius 2 is 2.24 bits per heavy atom. The summed E-state index contributed by atoms with van der Waals surface area (Å²) in [5.74, 6) is -0.869. The first kappa shape index (κ1) is 13.2. The summed E-state index contributed by atoms with van der Waals surface area (Å²) in [5, 5.41) is 10.6. The minimum atomic E-state index is -4.77. The maximum atomic E-state index is 11.9. The van der Waals surface area contributed by atoms with Gasteiger partial charge in [0.15, 0.2) is 11.8 Å². The number of aliphatic hydroxyl groups is 1. The number of anilines is 1. The Hall–Kier alpha value is -1.83. The standard InChI is InChI=1S/C9H10F3N3O2/c10-9(11,12)6(16)4-15-8(17)7-5(13)2-1-3-14-7/h1-3,6,16H,4,13H2,(H,15,17). The summed E-state index contributed by atoms with van der Waals surface area (Å²) < 4.78 is 35.8. The molecule has 0 saturated heterocycles. The number of carbonyl (C=O) groups is 1. The molecule has 1 unspecified atom stereocenters. The van der Waals surface area contributed by atoms with Crippen LogP contribution >= 0.6 is 0 Å². The number of pyridine rings is 1. The van der Waals surface area contributed by atoms with E-state index in [1.807, 2.05) is 5.32 Å². The van der Waals surface area contributed by atoms with Gasteiger partial charge in [-0.25, -0.2) is 4.98 Å². The molecule has 0 spiro atoms. The first-order chi connectivity index (χ1) is 7.82. The summed E-state index contributed by atoms with van der Waals surface area (Å²) in [7, 11) is 0. The maximum absolute atomic E-state index is 11.9. The molecule has 0 bridgehead atoms. The Kier molecular flexibility index (Phi) is 3.89. The fourth-order valence-electron chi connectivity index (χ4n) is 0.996. The van der Waals surface area contributed by atoms with Crippen molar-refractivity contribution >= 4 is 11.6 Å². The van der Waals surface area contributed by atoms with Crippen LogP contribution in [0, 0.1) is 0 Å². The van der Waals surface area contributed by atoms with Crippen molar-refractivity contribution in [3.8, 4) is 0 Å². The number of hydrogen-bond acceptors (Lipinski definition) is 4. The summed E-state index contributed by atoms with van der Waals surface area (Å²) in [4.78, 5) is 15.0. The van der Waals surface area contributed by atoms with Gasteiger partial charge in [-0.1, -0.05) is 0 Å². The topological polar surface area (TPSA) is 88.2 Å². The van der Waals surface area contributed by atoms with E-state index in [-0.39, 0.29) is 11.4 Å². The van der Waals surface area contributed by atoms with Gasteiger partial charge in [0.1, 0.15) is 0 Å². The predicted octanol–water partition coefficient (Wildman–Crippen LogP) is 0.317. The summed E-state index contributed by atoms with van der Waals surface area (Å²) in [6.07, 6.45) is -6.11. The minimum absolute atomic E-state index is 0.0477. The van der Waals surface area contributed by atoms with Gasteiger partial charge in [-0.3, -0.25) is 4.79 Å². The lowest BCUT2D eigenvalue weighted by atomic mass is 10.2. The molecule has 0 aliphatic heterocycles. The van der Waals surface area contributed by atoms with Crippen molar-refractivity contribution in [3.63, 3.8) is 0 Å². The molecule has 94 valence electrons. The van der Waals surface area contributed by atoms with Crippen LogP contribution in [-0.2, 0) is 0 Å². The van der Waals surface area contributed by atoms with Crippen molar-refractivity contribution in [1.29, 1.82) is 0 Å². The van der Waals surface area contributed by atoms with Crippen LogP contribution in [0.2, 0.25) is 0 Å². The third kappa shape index (κ3) is 3.59. The average molecular weight is 249 g/mol. The van der Waals surface area contributed by atoms with E-state index in [4.69, 9.17) is 10.8 Å². The highest BCUT2D eigenvalue weighted by Crippen LogP contribution is 2.19. The summed E-state index contributed by atoms with van der Waals surface area (Å²) in [6.45, 7) is -0.946. The molecule has 1 heterocycles. The average Bonchev–Trinajstić information content (AvgIpc) is 2.24. The van der Waals surface area contributed by atoms with Crippen LogP contribution in [0.1, 0.15) is 10.5 Å². The summed E-state index contributed by atoms with van der Waals surface area (Å²) in [6, 6.07) is 2.87. The fourth-order valence-corrected chi connectivity index (χ4v) is 0.996. The number of halogens is 3. The third-order valence-electron chi connectivity index (χ3n) is 1.89. The van der Waals surface area contributed by atoms with Crippen molar-refractivity contribution < 1.29 is 23.1 Å². The van der Waals surface area contributed by atoms with E-state index in [0.717, 1.165) is 0 Å². The molecule has 0 aliphatic rings. The second-order valence-corrected chi connectivity index (χ2v) is 3.21. The van der Waals surface area contributed by atoms with E-state index < -0.39 is 24.7 Å². The molecular weight excluding hydrogens is 239 g/mol. The minimum Gasteiger partial charge on any atom is -0.397 e. The van der Waals surface area contributed by atoms with Gasteiger partial charge in [-0.2, -0.15) is 13.2 Å². The number of nitrogens with zero attached hydrogens (tertiary/aromatic N) is 1. The predicted molar refractivity (Wildman–Crippen MR) is 53.0 cm³/mol. The molecule has 1 aromatic heterocycles. The lowest BCUT2D eigenvalue weighted by Crippen LogP contribution is -2.41. The molecule has 1 atom stereocenters. The molecule has 4 N–H and O–H groups in total. The lowest BCUT2D eigenvalue weighted by molar-refractivity contribution is -0.201. The number of rotatable bonds is 3. The number of amides is 1. The van der Waals surface area contributed by atoms with Gasteiger partial charge in [0.25, 0.3) is 5.91 Å². The van der Waals surface area contributed by atoms with Crippen molar-refractivity contribution in [2.45, 2.75) is 12.3 Å². The van der Waals surface area contributed by atoms with Gasteiger partial charge in [-0.15, -0.1) is 0 Å². The Morgan fingerprint density at radius 3 is 2.76 bits per heavy atom. The first-order valence-corrected chi connectivity index (χ1v) is 4.56. The zero-order chi connectivity index (χ0) is 13.1. The van der Waals surface area contributed by atoms with Gasteiger partial charge in [0.05, 0.1) is 12.2 Å². The molecule has 0 fully saturated rings. The Morgan fingerprint density at radius 1 is 1.59 bits per heavy atom. The van der Waals surface area contributed by atoms with E-state index in [0.29, 0.717) is 0 Å². The van der Waals surface area contributed by atoms with E-state index in [2.05, 4.69) is 4.98 Å². The van der Waals surface area contributed by atoms with E-state index >= 15 is 0 Å². The Labute approximate surface area is 94.5 Å². The van der Waals surface area contributed by atoms with Crippen molar-refractivity contribution in [2.75, 3.05) is 12.3 Å². The van der Waals surface area contributed by atoms with Crippen molar-refractivity contribution in [1.82, 2.24) is 10.3 Å². The number of nitrogens with two attached hydrogens (primary N) is 1. The van der Waals surface area contributed by atoms with Gasteiger partial charge < -0.3 is 16.2 Å². The van der Waals surface area contributed by atoms with Crippen LogP contribution in [0.4, 0.5) is 18.9 Å². The molecule has 5 nitrogen and oxygen atoms in total. The number of carbonyl (C=O) groups excluding carboxylic acids is 1. The normalized spacial score (nSPS) is 13.2. The first-order valence-electron chi connectivity index (χ1n) is 4.56. The van der Waals surface area contributed by atoms with Crippen LogP contribution in [0.3, 0.4) is 0 Å². The molecule has 1 rings (SSSR count). The van der Waals surface area contributed by atoms with Crippen molar-refractivity contribution in [2.24, 2.45) is 0 Å². The van der Waals surface area contributed by atoms with E-state index in [1.54, 1.807) is 0 Å². The SMILES string of the molecule is Nc1cccnc1C(=O)NCC(O)C(F)(F)F. The van der Waals surface area contributed by atoms with Gasteiger partial charge in [-0.05, 0) is 12.1 Å². The highest BCUT2D eigenvalue weighted by molar-refractivity contribution is 5.96. The number of aliphatic hydroxyl groups excluding tert-OH is 1. The summed E-state index contributed by atoms with van der Waals surface area (Å²) >= 11 is 0. The van der Waals surface area contributed by atoms with Gasteiger partial charge in [0.2, 0.25) is 0 Å². The second kappa shape index (κ2) is 5.00. The molecule has 1 amide bonds. The smallest absolute Gasteiger partial charge is 0.397 e. The molecule has 0 aromatic carbocycles. The van der Waals surface area contributed by atoms with Crippen LogP contribution in [0.25, 0.3) is 0 Å². The molecule has 0 saturated carbocycles. The van der Waals surface area contributed by atoms with E-state index in [9.17, 15) is 18.0 Å². The molecule has 8 heteroatoms. The number of hydrogen-bond donors (Lipinski definition) is 3. The number of aromatic nitrogens is 1. The van der Waals surface area contributed by atoms with Crippen LogP contribution in [0.5, 0.6) is 0 Å². The Balaban J connectivity index is 2.60. The van der Waals surface area contributed by atoms with Gasteiger partial charge >= 0.3 is 6.18 Å². The second-order valence-electron chi connectivity index (χ2n) is 3.21. The van der Waals surface area contributed by atoms with Crippen LogP contribution in [0.15, 0.2) is 18.3 Å². The zero-order valence-corrected chi connectivity index (χ0v) is 8.53. The molecule has 0 radical (unpaired) electrons.